The Balaban J connectivity index is 1.82. The SMILES string of the molecule is COc1cc2c(Nc3ccc(Cl)cc3F)ncnc2cc1OCCNC(C)(C=O)OC. The zero-order chi connectivity index (χ0) is 22.4. The molecule has 0 fully saturated rings. The van der Waals surface area contributed by atoms with Crippen molar-refractivity contribution in [3.05, 3.63) is 47.5 Å². The minimum absolute atomic E-state index is 0.228. The number of aldehydes is 1. The molecule has 0 radical (unpaired) electrons. The Bertz CT molecular complexity index is 1080. The van der Waals surface area contributed by atoms with Crippen molar-refractivity contribution in [1.29, 1.82) is 0 Å². The van der Waals surface area contributed by atoms with Crippen LogP contribution in [0, 0.1) is 5.82 Å². The third kappa shape index (κ3) is 5.38. The lowest BCUT2D eigenvalue weighted by molar-refractivity contribution is -0.129. The van der Waals surface area contributed by atoms with Gasteiger partial charge in [-0.05, 0) is 31.2 Å². The predicted molar refractivity (Wildman–Crippen MR) is 116 cm³/mol. The molecule has 0 spiro atoms. The number of hydrogen-bond acceptors (Lipinski definition) is 8. The van der Waals surface area contributed by atoms with Crippen molar-refractivity contribution in [1.82, 2.24) is 15.3 Å². The molecule has 0 saturated heterocycles. The van der Waals surface area contributed by atoms with Crippen molar-refractivity contribution in [3.8, 4) is 11.5 Å². The maximum Gasteiger partial charge on any atom is 0.172 e. The van der Waals surface area contributed by atoms with Crippen LogP contribution in [0.2, 0.25) is 5.02 Å². The van der Waals surface area contributed by atoms with E-state index in [4.69, 9.17) is 25.8 Å². The lowest BCUT2D eigenvalue weighted by Crippen LogP contribution is -2.47. The van der Waals surface area contributed by atoms with Gasteiger partial charge in [-0.25, -0.2) is 14.4 Å². The standard InChI is InChI=1S/C21H22ClFN4O4/c1-21(11-28,30-3)26-6-7-31-19-10-17-14(9-18(19)29-2)20(25-12-24-17)27-16-5-4-13(22)8-15(16)23/h4-5,8-12,26H,6-7H2,1-3H3,(H,24,25,27). The number of aromatic nitrogens is 2. The van der Waals surface area contributed by atoms with Crippen LogP contribution in [0.4, 0.5) is 15.9 Å². The van der Waals surface area contributed by atoms with E-state index in [2.05, 4.69) is 20.6 Å². The number of anilines is 2. The monoisotopic (exact) mass is 448 g/mol. The molecule has 0 aliphatic carbocycles. The second-order valence-corrected chi connectivity index (χ2v) is 7.13. The zero-order valence-electron chi connectivity index (χ0n) is 17.2. The van der Waals surface area contributed by atoms with Gasteiger partial charge in [0.1, 0.15) is 24.6 Å². The van der Waals surface area contributed by atoms with Crippen molar-refractivity contribution in [2.24, 2.45) is 0 Å². The van der Waals surface area contributed by atoms with Crippen LogP contribution in [-0.2, 0) is 9.53 Å². The molecule has 0 saturated carbocycles. The van der Waals surface area contributed by atoms with Gasteiger partial charge in [-0.3, -0.25) is 10.1 Å². The minimum Gasteiger partial charge on any atom is -0.493 e. The summed E-state index contributed by atoms with van der Waals surface area (Å²) in [6.45, 7) is 2.23. The number of benzene rings is 2. The molecule has 1 atom stereocenters. The molecule has 0 aliphatic heterocycles. The summed E-state index contributed by atoms with van der Waals surface area (Å²) in [5.41, 5.74) is -0.280. The van der Waals surface area contributed by atoms with Crippen LogP contribution < -0.4 is 20.1 Å². The molecule has 1 heterocycles. The maximum absolute atomic E-state index is 14.2. The van der Waals surface area contributed by atoms with Crippen molar-refractivity contribution >= 4 is 40.3 Å². The number of carbonyl (C=O) groups excluding carboxylic acids is 1. The molecule has 0 aliphatic rings. The van der Waals surface area contributed by atoms with E-state index in [0.29, 0.717) is 46.1 Å². The number of methoxy groups -OCH3 is 2. The quantitative estimate of drug-likeness (QED) is 0.275. The molecular weight excluding hydrogens is 427 g/mol. The van der Waals surface area contributed by atoms with Crippen molar-refractivity contribution in [3.63, 3.8) is 0 Å². The summed E-state index contributed by atoms with van der Waals surface area (Å²) in [6, 6.07) is 7.73. The van der Waals surface area contributed by atoms with Crippen LogP contribution in [-0.4, -0.2) is 49.4 Å². The number of ether oxygens (including phenoxy) is 3. The van der Waals surface area contributed by atoms with E-state index in [9.17, 15) is 9.18 Å². The summed E-state index contributed by atoms with van der Waals surface area (Å²) in [5.74, 6) is 0.813. The number of rotatable bonds is 10. The molecular formula is C21H22ClFN4O4. The van der Waals surface area contributed by atoms with Crippen LogP contribution in [0.3, 0.4) is 0 Å². The molecule has 2 N–H and O–H groups in total. The molecule has 3 rings (SSSR count). The molecule has 0 bridgehead atoms. The smallest absolute Gasteiger partial charge is 0.172 e. The van der Waals surface area contributed by atoms with Gasteiger partial charge >= 0.3 is 0 Å². The van der Waals surface area contributed by atoms with Gasteiger partial charge in [0, 0.05) is 30.1 Å². The molecule has 164 valence electrons. The normalized spacial score (nSPS) is 12.9. The Hall–Kier alpha value is -3.01. The third-order valence-electron chi connectivity index (χ3n) is 4.59. The highest BCUT2D eigenvalue weighted by molar-refractivity contribution is 6.30. The second-order valence-electron chi connectivity index (χ2n) is 6.70. The van der Waals surface area contributed by atoms with Gasteiger partial charge in [-0.1, -0.05) is 11.6 Å². The summed E-state index contributed by atoms with van der Waals surface area (Å²) < 4.78 is 30.5. The second kappa shape index (κ2) is 9.86. The zero-order valence-corrected chi connectivity index (χ0v) is 18.0. The summed E-state index contributed by atoms with van der Waals surface area (Å²) in [7, 11) is 2.95. The van der Waals surface area contributed by atoms with Crippen LogP contribution in [0.5, 0.6) is 11.5 Å². The third-order valence-corrected chi connectivity index (χ3v) is 4.82. The average Bonchev–Trinajstić information content (AvgIpc) is 2.78. The van der Waals surface area contributed by atoms with Crippen LogP contribution >= 0.6 is 11.6 Å². The van der Waals surface area contributed by atoms with Crippen LogP contribution in [0.15, 0.2) is 36.7 Å². The first-order valence-electron chi connectivity index (χ1n) is 9.33. The Morgan fingerprint density at radius 2 is 2.00 bits per heavy atom. The van der Waals surface area contributed by atoms with Crippen molar-refractivity contribution in [2.45, 2.75) is 12.6 Å². The number of fused-ring (bicyclic) bond motifs is 1. The molecule has 8 nitrogen and oxygen atoms in total. The molecule has 1 aromatic heterocycles. The first kappa shape index (κ1) is 22.7. The van der Waals surface area contributed by atoms with Gasteiger partial charge in [0.05, 0.1) is 18.3 Å². The molecule has 1 unspecified atom stereocenters. The topological polar surface area (TPSA) is 94.6 Å². The average molecular weight is 449 g/mol. The van der Waals surface area contributed by atoms with E-state index in [-0.39, 0.29) is 12.3 Å². The summed E-state index contributed by atoms with van der Waals surface area (Å²) in [5, 5.41) is 6.82. The van der Waals surface area contributed by atoms with E-state index in [0.717, 1.165) is 0 Å². The van der Waals surface area contributed by atoms with Gasteiger partial charge in [0.25, 0.3) is 0 Å². The highest BCUT2D eigenvalue weighted by Crippen LogP contribution is 2.35. The van der Waals surface area contributed by atoms with Gasteiger partial charge in [0.2, 0.25) is 0 Å². The lowest BCUT2D eigenvalue weighted by atomic mass is 10.2. The van der Waals surface area contributed by atoms with E-state index in [1.54, 1.807) is 25.1 Å². The first-order chi connectivity index (χ1) is 14.9. The van der Waals surface area contributed by atoms with E-state index in [1.165, 1.54) is 32.7 Å². The Labute approximate surface area is 183 Å². The summed E-state index contributed by atoms with van der Waals surface area (Å²) in [6.07, 6.45) is 2.04. The fourth-order valence-corrected chi connectivity index (χ4v) is 2.94. The van der Waals surface area contributed by atoms with E-state index in [1.807, 2.05) is 0 Å². The number of carbonyl (C=O) groups is 1. The Morgan fingerprint density at radius 3 is 2.68 bits per heavy atom. The summed E-state index contributed by atoms with van der Waals surface area (Å²) in [4.78, 5) is 19.6. The Morgan fingerprint density at radius 1 is 1.19 bits per heavy atom. The van der Waals surface area contributed by atoms with E-state index >= 15 is 0 Å². The highest BCUT2D eigenvalue weighted by atomic mass is 35.5. The molecule has 31 heavy (non-hydrogen) atoms. The first-order valence-corrected chi connectivity index (χ1v) is 9.71. The number of hydrogen-bond donors (Lipinski definition) is 2. The van der Waals surface area contributed by atoms with Gasteiger partial charge in [-0.15, -0.1) is 0 Å². The molecule has 2 aromatic carbocycles. The molecule has 3 aromatic rings. The number of nitrogens with one attached hydrogen (secondary N) is 2. The minimum atomic E-state index is -1.08. The number of nitrogens with zero attached hydrogens (tertiary/aromatic N) is 2. The predicted octanol–water partition coefficient (Wildman–Crippen LogP) is 3.70. The fraction of sp³-hybridized carbons (Fsp3) is 0.286. The van der Waals surface area contributed by atoms with E-state index < -0.39 is 11.5 Å². The fourth-order valence-electron chi connectivity index (χ4n) is 2.78. The van der Waals surface area contributed by atoms with Crippen molar-refractivity contribution < 1.29 is 23.4 Å². The summed E-state index contributed by atoms with van der Waals surface area (Å²) >= 11 is 5.81. The number of halogens is 2. The largest absolute Gasteiger partial charge is 0.493 e. The van der Waals surface area contributed by atoms with Crippen LogP contribution in [0.25, 0.3) is 10.9 Å². The lowest BCUT2D eigenvalue weighted by Gasteiger charge is -2.23. The maximum atomic E-state index is 14.2. The van der Waals surface area contributed by atoms with Gasteiger partial charge in [-0.2, -0.15) is 0 Å². The molecule has 0 amide bonds. The van der Waals surface area contributed by atoms with Gasteiger partial charge in [0.15, 0.2) is 23.5 Å². The molecule has 10 heteroatoms. The Kier molecular flexibility index (Phi) is 7.21. The highest BCUT2D eigenvalue weighted by Gasteiger charge is 2.21. The van der Waals surface area contributed by atoms with Gasteiger partial charge < -0.3 is 19.5 Å². The van der Waals surface area contributed by atoms with Crippen molar-refractivity contribution in [2.75, 3.05) is 32.7 Å². The van der Waals surface area contributed by atoms with Crippen LogP contribution in [0.1, 0.15) is 6.92 Å².